The summed E-state index contributed by atoms with van der Waals surface area (Å²) in [5.41, 5.74) is 21.3. The molecule has 0 bridgehead atoms. The average Bonchev–Trinajstić information content (AvgIpc) is 3.66. The fourth-order valence-corrected chi connectivity index (χ4v) is 10.3. The van der Waals surface area contributed by atoms with E-state index in [1.54, 1.807) is 0 Å². The lowest BCUT2D eigenvalue weighted by Crippen LogP contribution is -2.17. The molecule has 0 atom stereocenters. The van der Waals surface area contributed by atoms with Crippen molar-refractivity contribution in [2.24, 2.45) is 0 Å². The molecule has 2 aliphatic carbocycles. The number of nitrogens with zero attached hydrogens (tertiary/aromatic N) is 1. The third-order valence-corrected chi connectivity index (χ3v) is 13.3. The van der Waals surface area contributed by atoms with E-state index in [9.17, 15) is 0 Å². The molecule has 0 aliphatic heterocycles. The lowest BCUT2D eigenvalue weighted by molar-refractivity contribution is 0.660. The number of hydrogen-bond donors (Lipinski definition) is 0. The first-order chi connectivity index (χ1) is 28.8. The highest BCUT2D eigenvalue weighted by Crippen LogP contribution is 2.58. The van der Waals surface area contributed by atoms with Crippen molar-refractivity contribution in [2.75, 3.05) is 4.90 Å². The van der Waals surface area contributed by atoms with Gasteiger partial charge in [0.1, 0.15) is 0 Å². The molecule has 9 aromatic rings. The Bertz CT molecular complexity index is 3060. The summed E-state index contributed by atoms with van der Waals surface area (Å²) in [6.45, 7) is 9.57. The predicted molar refractivity (Wildman–Crippen MR) is 250 cm³/mol. The minimum absolute atomic E-state index is 0.125. The Morgan fingerprint density at radius 2 is 0.847 bits per heavy atom. The topological polar surface area (TPSA) is 3.24 Å². The molecule has 59 heavy (non-hydrogen) atoms. The lowest BCUT2D eigenvalue weighted by atomic mass is 9.79. The van der Waals surface area contributed by atoms with Crippen molar-refractivity contribution in [3.8, 4) is 55.6 Å². The van der Waals surface area contributed by atoms with Gasteiger partial charge in [0, 0.05) is 27.8 Å². The maximum absolute atomic E-state index is 2.52. The van der Waals surface area contributed by atoms with E-state index in [-0.39, 0.29) is 10.8 Å². The van der Waals surface area contributed by atoms with Gasteiger partial charge >= 0.3 is 0 Å². The number of hydrogen-bond acceptors (Lipinski definition) is 1. The molecule has 11 rings (SSSR count). The van der Waals surface area contributed by atoms with Crippen LogP contribution in [0.2, 0.25) is 0 Å². The van der Waals surface area contributed by atoms with E-state index in [2.05, 4.69) is 233 Å². The molecule has 1 heteroatoms. The molecule has 0 aromatic heterocycles. The Balaban J connectivity index is 1.11. The van der Waals surface area contributed by atoms with Crippen LogP contribution in [0.25, 0.3) is 66.4 Å². The zero-order valence-electron chi connectivity index (χ0n) is 34.0. The summed E-state index contributed by atoms with van der Waals surface area (Å²) in [5, 5.41) is 2.62. The molecule has 9 aromatic carbocycles. The molecular formula is C58H45N. The van der Waals surface area contributed by atoms with Gasteiger partial charge in [-0.15, -0.1) is 0 Å². The first-order valence-electron chi connectivity index (χ1n) is 20.8. The van der Waals surface area contributed by atoms with Gasteiger partial charge in [0.2, 0.25) is 0 Å². The fourth-order valence-electron chi connectivity index (χ4n) is 10.3. The fraction of sp³-hybridized carbons (Fsp3) is 0.103. The zero-order valence-corrected chi connectivity index (χ0v) is 34.0. The van der Waals surface area contributed by atoms with Gasteiger partial charge in [-0.1, -0.05) is 191 Å². The van der Waals surface area contributed by atoms with Crippen LogP contribution in [0.15, 0.2) is 200 Å². The number of rotatable bonds is 6. The molecule has 0 unspecified atom stereocenters. The maximum Gasteiger partial charge on any atom is 0.0543 e. The van der Waals surface area contributed by atoms with E-state index >= 15 is 0 Å². The molecule has 1 nitrogen and oxygen atoms in total. The van der Waals surface area contributed by atoms with Crippen LogP contribution in [0.3, 0.4) is 0 Å². The smallest absolute Gasteiger partial charge is 0.0543 e. The summed E-state index contributed by atoms with van der Waals surface area (Å²) in [7, 11) is 0. The quantitative estimate of drug-likeness (QED) is 0.163. The zero-order chi connectivity index (χ0) is 39.9. The monoisotopic (exact) mass is 755 g/mol. The molecule has 0 saturated carbocycles. The third-order valence-electron chi connectivity index (χ3n) is 13.3. The molecule has 2 aliphatic rings. The van der Waals surface area contributed by atoms with Gasteiger partial charge in [0.25, 0.3) is 0 Å². The summed E-state index contributed by atoms with van der Waals surface area (Å²) in [5.74, 6) is 0. The van der Waals surface area contributed by atoms with E-state index in [0.717, 1.165) is 11.4 Å². The normalized spacial score (nSPS) is 14.0. The van der Waals surface area contributed by atoms with Crippen LogP contribution in [0, 0.1) is 0 Å². The molecule has 0 amide bonds. The van der Waals surface area contributed by atoms with Gasteiger partial charge < -0.3 is 4.90 Å². The van der Waals surface area contributed by atoms with Crippen molar-refractivity contribution in [3.05, 3.63) is 222 Å². The second kappa shape index (κ2) is 13.3. The molecular weight excluding hydrogens is 711 g/mol. The first kappa shape index (κ1) is 35.2. The lowest BCUT2D eigenvalue weighted by Gasteiger charge is -2.30. The molecule has 0 radical (unpaired) electrons. The Labute approximate surface area is 347 Å². The maximum atomic E-state index is 2.52. The van der Waals surface area contributed by atoms with Gasteiger partial charge in [-0.25, -0.2) is 0 Å². The van der Waals surface area contributed by atoms with Gasteiger partial charge in [0.15, 0.2) is 0 Å². The Morgan fingerprint density at radius 3 is 1.54 bits per heavy atom. The van der Waals surface area contributed by atoms with Gasteiger partial charge in [0.05, 0.1) is 5.69 Å². The number of anilines is 3. The van der Waals surface area contributed by atoms with Crippen molar-refractivity contribution >= 4 is 27.8 Å². The van der Waals surface area contributed by atoms with Crippen molar-refractivity contribution in [1.82, 2.24) is 0 Å². The van der Waals surface area contributed by atoms with Crippen LogP contribution in [0.4, 0.5) is 17.1 Å². The summed E-state index contributed by atoms with van der Waals surface area (Å²) in [4.78, 5) is 2.52. The van der Waals surface area contributed by atoms with E-state index in [4.69, 9.17) is 0 Å². The second-order valence-electron chi connectivity index (χ2n) is 17.3. The Hall–Kier alpha value is -6.96. The Morgan fingerprint density at radius 1 is 0.322 bits per heavy atom. The highest BCUT2D eigenvalue weighted by atomic mass is 15.1. The molecule has 0 saturated heterocycles. The van der Waals surface area contributed by atoms with E-state index < -0.39 is 0 Å². The van der Waals surface area contributed by atoms with E-state index in [0.29, 0.717) is 0 Å². The summed E-state index contributed by atoms with van der Waals surface area (Å²) < 4.78 is 0. The van der Waals surface area contributed by atoms with Crippen LogP contribution in [0.1, 0.15) is 49.9 Å². The minimum atomic E-state index is -0.210. The molecule has 0 spiro atoms. The average molecular weight is 756 g/mol. The minimum Gasteiger partial charge on any atom is -0.310 e. The van der Waals surface area contributed by atoms with Crippen molar-refractivity contribution < 1.29 is 0 Å². The first-order valence-corrected chi connectivity index (χ1v) is 20.8. The van der Waals surface area contributed by atoms with Crippen LogP contribution in [-0.4, -0.2) is 0 Å². The van der Waals surface area contributed by atoms with Crippen molar-refractivity contribution in [1.29, 1.82) is 0 Å². The van der Waals surface area contributed by atoms with Crippen LogP contribution in [-0.2, 0) is 10.8 Å². The molecule has 0 N–H and O–H groups in total. The van der Waals surface area contributed by atoms with Crippen LogP contribution < -0.4 is 4.90 Å². The van der Waals surface area contributed by atoms with Crippen molar-refractivity contribution in [2.45, 2.75) is 38.5 Å². The largest absolute Gasteiger partial charge is 0.310 e. The van der Waals surface area contributed by atoms with Crippen LogP contribution in [0.5, 0.6) is 0 Å². The van der Waals surface area contributed by atoms with Crippen LogP contribution >= 0.6 is 0 Å². The third kappa shape index (κ3) is 5.45. The standard InChI is InChI=1S/C58H45N/c1-57(2)51-23-14-13-21-46(51)47-35-34-44(36-53(47)57)59(43-32-30-41(31-33-43)40-28-26-39(27-29-40)38-16-7-5-8-17-38)54-25-15-24-52-55(54)50-37-49(42-18-9-6-10-19-42)45-20-11-12-22-48(45)56(50)58(52,3)4/h5-37H,1-4H3. The summed E-state index contributed by atoms with van der Waals surface area (Å²) in [6.07, 6.45) is 0. The molecule has 0 fully saturated rings. The number of fused-ring (bicyclic) bond motifs is 8. The summed E-state index contributed by atoms with van der Waals surface area (Å²) >= 11 is 0. The molecule has 282 valence electrons. The SMILES string of the molecule is CC1(C)c2ccccc2-c2ccc(N(c3ccc(-c4ccc(-c5ccccc5)cc4)cc3)c3cccc4c3-c3cc(-c5ccccc5)c5ccccc5c3C4(C)C)cc21. The van der Waals surface area contributed by atoms with Gasteiger partial charge in [-0.2, -0.15) is 0 Å². The number of benzene rings is 9. The highest BCUT2D eigenvalue weighted by Gasteiger charge is 2.41. The van der Waals surface area contributed by atoms with Gasteiger partial charge in [-0.05, 0) is 119 Å². The predicted octanol–water partition coefficient (Wildman–Crippen LogP) is 15.9. The molecule has 0 heterocycles. The second-order valence-corrected chi connectivity index (χ2v) is 17.3. The van der Waals surface area contributed by atoms with Gasteiger partial charge in [-0.3, -0.25) is 0 Å². The summed E-state index contributed by atoms with van der Waals surface area (Å²) in [6, 6.07) is 74.2. The van der Waals surface area contributed by atoms with E-state index in [1.807, 2.05) is 0 Å². The van der Waals surface area contributed by atoms with Crippen molar-refractivity contribution in [3.63, 3.8) is 0 Å². The van der Waals surface area contributed by atoms with E-state index in [1.165, 1.54) is 94.3 Å². The highest BCUT2D eigenvalue weighted by molar-refractivity contribution is 6.08. The Kier molecular flexibility index (Phi) is 7.94.